The molecule has 4 rings (SSSR count). The van der Waals surface area contributed by atoms with E-state index in [0.717, 1.165) is 0 Å². The molecule has 0 aliphatic heterocycles. The second-order valence-electron chi connectivity index (χ2n) is 6.40. The first-order valence-corrected chi connectivity index (χ1v) is 9.20. The van der Waals surface area contributed by atoms with E-state index in [-0.39, 0.29) is 22.7 Å². The maximum atomic E-state index is 12.6. The summed E-state index contributed by atoms with van der Waals surface area (Å²) in [6.45, 7) is 0. The number of carboxylic acids is 1. The van der Waals surface area contributed by atoms with E-state index in [2.05, 4.69) is 32.1 Å². The number of H-pyrrole nitrogens is 1. The summed E-state index contributed by atoms with van der Waals surface area (Å²) in [6, 6.07) is 17.0. The summed E-state index contributed by atoms with van der Waals surface area (Å²) < 4.78 is 5.28. The molecule has 31 heavy (non-hydrogen) atoms. The van der Waals surface area contributed by atoms with Gasteiger partial charge in [0.25, 0.3) is 5.91 Å². The number of imidazole rings is 1. The molecule has 0 saturated carbocycles. The Bertz CT molecular complexity index is 1360. The van der Waals surface area contributed by atoms with Gasteiger partial charge in [0.15, 0.2) is 0 Å². The van der Waals surface area contributed by atoms with Gasteiger partial charge in [-0.1, -0.05) is 30.2 Å². The van der Waals surface area contributed by atoms with Crippen molar-refractivity contribution in [1.29, 1.82) is 0 Å². The Morgan fingerprint density at radius 2 is 1.81 bits per heavy atom. The van der Waals surface area contributed by atoms with Crippen molar-refractivity contribution < 1.29 is 19.4 Å². The molecule has 0 spiro atoms. The molecule has 8 heteroatoms. The number of hydrogen-bond acceptors (Lipinski definition) is 5. The molecule has 152 valence electrons. The Hall–Kier alpha value is -4.64. The Labute approximate surface area is 176 Å². The summed E-state index contributed by atoms with van der Waals surface area (Å²) in [5.41, 5.74) is 2.07. The van der Waals surface area contributed by atoms with Crippen LogP contribution in [-0.4, -0.2) is 39.0 Å². The van der Waals surface area contributed by atoms with Gasteiger partial charge in [0.2, 0.25) is 5.95 Å². The summed E-state index contributed by atoms with van der Waals surface area (Å²) in [4.78, 5) is 35.3. The lowest BCUT2D eigenvalue weighted by Gasteiger charge is -2.02. The number of nitrogens with zero attached hydrogens (tertiary/aromatic N) is 2. The molecule has 0 fully saturated rings. The van der Waals surface area contributed by atoms with Crippen LogP contribution in [0, 0.1) is 11.8 Å². The molecule has 1 amide bonds. The van der Waals surface area contributed by atoms with Crippen LogP contribution in [0.1, 0.15) is 32.1 Å². The van der Waals surface area contributed by atoms with Gasteiger partial charge in [0.05, 0.1) is 23.8 Å². The van der Waals surface area contributed by atoms with Gasteiger partial charge in [-0.25, -0.2) is 14.8 Å². The van der Waals surface area contributed by atoms with Crippen molar-refractivity contribution in [2.45, 2.75) is 0 Å². The number of anilines is 1. The summed E-state index contributed by atoms with van der Waals surface area (Å²) in [5, 5.41) is 11.9. The minimum Gasteiger partial charge on any atom is -0.495 e. The van der Waals surface area contributed by atoms with Crippen molar-refractivity contribution in [3.8, 4) is 17.6 Å². The van der Waals surface area contributed by atoms with Crippen LogP contribution in [0.5, 0.6) is 5.75 Å². The highest BCUT2D eigenvalue weighted by Crippen LogP contribution is 2.19. The molecule has 3 N–H and O–H groups in total. The lowest BCUT2D eigenvalue weighted by atomic mass is 10.2. The fraction of sp³-hybridized carbons (Fsp3) is 0.0435. The smallest absolute Gasteiger partial charge is 0.337 e. The Morgan fingerprint density at radius 1 is 1.00 bits per heavy atom. The molecular formula is C23H16N4O4. The molecule has 2 aromatic heterocycles. The predicted octanol–water partition coefficient (Wildman–Crippen LogP) is 3.32. The number of aromatic carboxylic acids is 1. The van der Waals surface area contributed by atoms with Crippen molar-refractivity contribution >= 4 is 28.9 Å². The molecule has 0 unspecified atom stereocenters. The molecule has 2 aromatic carbocycles. The zero-order chi connectivity index (χ0) is 21.8. The standard InChI is InChI=1S/C23H16N4O4/c1-31-19-11-3-2-6-14(19)12-13-15-7-4-10-18(24-15)21(28)27-23-25-17-9-5-8-16(22(29)30)20(17)26-23/h2-11H,1H3,(H,29,30)(H2,25,26,27,28). The number of ether oxygens (including phenoxy) is 1. The Balaban J connectivity index is 1.57. The van der Waals surface area contributed by atoms with E-state index in [1.54, 1.807) is 37.4 Å². The van der Waals surface area contributed by atoms with E-state index in [9.17, 15) is 14.7 Å². The molecule has 4 aromatic rings. The maximum Gasteiger partial charge on any atom is 0.337 e. The largest absolute Gasteiger partial charge is 0.495 e. The van der Waals surface area contributed by atoms with Gasteiger partial charge in [-0.2, -0.15) is 0 Å². The number of aromatic amines is 1. The van der Waals surface area contributed by atoms with Crippen LogP contribution < -0.4 is 10.1 Å². The molecular weight excluding hydrogens is 396 g/mol. The molecule has 2 heterocycles. The SMILES string of the molecule is COc1ccccc1C#Cc1cccc(C(=O)Nc2nc3c(C(=O)O)cccc3[nH]2)n1. The van der Waals surface area contributed by atoms with Gasteiger partial charge >= 0.3 is 5.97 Å². The first kappa shape index (κ1) is 19.7. The topological polar surface area (TPSA) is 117 Å². The summed E-state index contributed by atoms with van der Waals surface area (Å²) in [6.07, 6.45) is 0. The van der Waals surface area contributed by atoms with Crippen LogP contribution in [0.2, 0.25) is 0 Å². The number of carboxylic acid groups (broad SMARTS) is 1. The average Bonchev–Trinajstić information content (AvgIpc) is 3.20. The van der Waals surface area contributed by atoms with Crippen molar-refractivity contribution in [1.82, 2.24) is 15.0 Å². The molecule has 0 bridgehead atoms. The molecule has 0 saturated heterocycles. The number of methoxy groups -OCH3 is 1. The minimum absolute atomic E-state index is 0.0426. The van der Waals surface area contributed by atoms with Gasteiger partial charge in [-0.05, 0) is 42.3 Å². The molecule has 0 atom stereocenters. The van der Waals surface area contributed by atoms with E-state index in [1.165, 1.54) is 6.07 Å². The fourth-order valence-electron chi connectivity index (χ4n) is 2.95. The van der Waals surface area contributed by atoms with Crippen molar-refractivity contribution in [3.05, 3.63) is 83.2 Å². The van der Waals surface area contributed by atoms with Crippen LogP contribution in [0.4, 0.5) is 5.95 Å². The number of nitrogens with one attached hydrogen (secondary N) is 2. The van der Waals surface area contributed by atoms with Gasteiger partial charge < -0.3 is 14.8 Å². The van der Waals surface area contributed by atoms with E-state index in [0.29, 0.717) is 22.5 Å². The zero-order valence-corrected chi connectivity index (χ0v) is 16.3. The van der Waals surface area contributed by atoms with Crippen molar-refractivity contribution in [3.63, 3.8) is 0 Å². The number of benzene rings is 2. The highest BCUT2D eigenvalue weighted by Gasteiger charge is 2.15. The lowest BCUT2D eigenvalue weighted by molar-refractivity contribution is 0.0698. The highest BCUT2D eigenvalue weighted by molar-refractivity contribution is 6.04. The van der Waals surface area contributed by atoms with Crippen LogP contribution in [-0.2, 0) is 0 Å². The van der Waals surface area contributed by atoms with Crippen molar-refractivity contribution in [2.75, 3.05) is 12.4 Å². The fourth-order valence-corrected chi connectivity index (χ4v) is 2.95. The second-order valence-corrected chi connectivity index (χ2v) is 6.40. The first-order valence-electron chi connectivity index (χ1n) is 9.20. The first-order chi connectivity index (χ1) is 15.0. The number of pyridine rings is 1. The number of carbonyl (C=O) groups excluding carboxylic acids is 1. The van der Waals surface area contributed by atoms with Crippen LogP contribution >= 0.6 is 0 Å². The van der Waals surface area contributed by atoms with E-state index in [1.807, 2.05) is 24.3 Å². The van der Waals surface area contributed by atoms with Gasteiger partial charge in [-0.15, -0.1) is 0 Å². The maximum absolute atomic E-state index is 12.6. The lowest BCUT2D eigenvalue weighted by Crippen LogP contribution is -2.15. The monoisotopic (exact) mass is 412 g/mol. The third kappa shape index (κ3) is 4.21. The molecule has 0 aliphatic rings. The number of para-hydroxylation sites is 2. The number of carbonyl (C=O) groups is 2. The second kappa shape index (κ2) is 8.39. The van der Waals surface area contributed by atoms with E-state index in [4.69, 9.17) is 4.74 Å². The highest BCUT2D eigenvalue weighted by atomic mass is 16.5. The van der Waals surface area contributed by atoms with Gasteiger partial charge in [-0.3, -0.25) is 10.1 Å². The van der Waals surface area contributed by atoms with E-state index >= 15 is 0 Å². The van der Waals surface area contributed by atoms with Gasteiger partial charge in [0, 0.05) is 0 Å². The quantitative estimate of drug-likeness (QED) is 0.443. The summed E-state index contributed by atoms with van der Waals surface area (Å²) >= 11 is 0. The van der Waals surface area contributed by atoms with E-state index < -0.39 is 11.9 Å². The normalized spacial score (nSPS) is 10.2. The Morgan fingerprint density at radius 3 is 2.61 bits per heavy atom. The molecule has 0 radical (unpaired) electrons. The Kier molecular flexibility index (Phi) is 5.32. The zero-order valence-electron chi connectivity index (χ0n) is 16.3. The van der Waals surface area contributed by atoms with Gasteiger partial charge in [0.1, 0.15) is 22.7 Å². The third-order valence-electron chi connectivity index (χ3n) is 4.39. The number of fused-ring (bicyclic) bond motifs is 1. The average molecular weight is 412 g/mol. The number of aromatic nitrogens is 3. The van der Waals surface area contributed by atoms with Crippen LogP contribution in [0.3, 0.4) is 0 Å². The number of rotatable bonds is 4. The summed E-state index contributed by atoms with van der Waals surface area (Å²) in [5.74, 6) is 5.09. The van der Waals surface area contributed by atoms with Crippen molar-refractivity contribution in [2.24, 2.45) is 0 Å². The predicted molar refractivity (Wildman–Crippen MR) is 114 cm³/mol. The van der Waals surface area contributed by atoms with Crippen LogP contribution in [0.25, 0.3) is 11.0 Å². The van der Waals surface area contributed by atoms with Crippen LogP contribution in [0.15, 0.2) is 60.7 Å². The summed E-state index contributed by atoms with van der Waals surface area (Å²) in [7, 11) is 1.57. The molecule has 0 aliphatic carbocycles. The number of hydrogen-bond donors (Lipinski definition) is 3. The number of amides is 1. The molecule has 8 nitrogen and oxygen atoms in total. The minimum atomic E-state index is -1.10. The third-order valence-corrected chi connectivity index (χ3v) is 4.39.